The number of urea groups is 1. The third-order valence-corrected chi connectivity index (χ3v) is 6.80. The van der Waals surface area contributed by atoms with Gasteiger partial charge in [0.05, 0.1) is 5.69 Å². The van der Waals surface area contributed by atoms with E-state index in [-0.39, 0.29) is 6.03 Å². The molecule has 0 radical (unpaired) electrons. The molecule has 5 nitrogen and oxygen atoms in total. The molecule has 1 aliphatic rings. The molecule has 1 aromatic heterocycles. The molecule has 3 N–H and O–H groups in total. The molecule has 0 saturated heterocycles. The zero-order valence-corrected chi connectivity index (χ0v) is 19.6. The van der Waals surface area contributed by atoms with E-state index in [1.807, 2.05) is 36.4 Å². The Morgan fingerprint density at radius 2 is 2.00 bits per heavy atom. The van der Waals surface area contributed by atoms with E-state index in [4.69, 9.17) is 0 Å². The average Bonchev–Trinajstić information content (AvgIpc) is 3.20. The molecule has 31 heavy (non-hydrogen) atoms. The lowest BCUT2D eigenvalue weighted by molar-refractivity contribution is 0.244. The Kier molecular flexibility index (Phi) is 6.66. The number of aromatic amines is 1. The standard InChI is InChI=1S/C25H29BrN4O/c1-3-19(4-2)30-13-11-17(12-14-30)21-16-27-23-10-9-18(15-20(21)23)28-25(31)29-24-8-6-5-7-22(24)26/h5-11,13,15-17,19,27H,3-4,12,14H2,1-2H3,(H2,28,29,31). The number of halogens is 1. The molecular weight excluding hydrogens is 452 g/mol. The van der Waals surface area contributed by atoms with E-state index in [0.717, 1.165) is 39.7 Å². The lowest BCUT2D eigenvalue weighted by Gasteiger charge is -2.34. The second-order valence-corrected chi connectivity index (χ2v) is 8.86. The molecule has 0 aliphatic carbocycles. The fraction of sp³-hybridized carbons (Fsp3) is 0.320. The summed E-state index contributed by atoms with van der Waals surface area (Å²) in [6.45, 7) is 5.59. The summed E-state index contributed by atoms with van der Waals surface area (Å²) in [5.41, 5.74) is 3.88. The molecule has 3 aromatic rings. The van der Waals surface area contributed by atoms with Gasteiger partial charge in [0, 0.05) is 45.8 Å². The highest BCUT2D eigenvalue weighted by molar-refractivity contribution is 9.10. The van der Waals surface area contributed by atoms with Gasteiger partial charge < -0.3 is 20.5 Å². The van der Waals surface area contributed by atoms with Gasteiger partial charge in [-0.25, -0.2) is 4.79 Å². The smallest absolute Gasteiger partial charge is 0.323 e. The maximum atomic E-state index is 12.5. The number of carbonyl (C=O) groups is 1. The second kappa shape index (κ2) is 9.60. The van der Waals surface area contributed by atoms with Gasteiger partial charge in [-0.15, -0.1) is 0 Å². The number of fused-ring (bicyclic) bond motifs is 1. The first-order valence-corrected chi connectivity index (χ1v) is 11.8. The topological polar surface area (TPSA) is 60.2 Å². The van der Waals surface area contributed by atoms with Crippen LogP contribution < -0.4 is 10.6 Å². The van der Waals surface area contributed by atoms with Gasteiger partial charge in [0.25, 0.3) is 0 Å². The number of para-hydroxylation sites is 1. The Bertz CT molecular complexity index is 1090. The number of carbonyl (C=O) groups excluding carboxylic acids is 1. The van der Waals surface area contributed by atoms with Gasteiger partial charge in [-0.05, 0) is 77.3 Å². The van der Waals surface area contributed by atoms with Gasteiger partial charge in [-0.2, -0.15) is 0 Å². The largest absolute Gasteiger partial charge is 0.375 e. The quantitative estimate of drug-likeness (QED) is 0.353. The van der Waals surface area contributed by atoms with E-state index in [0.29, 0.717) is 12.0 Å². The highest BCUT2D eigenvalue weighted by Gasteiger charge is 2.21. The van der Waals surface area contributed by atoms with Crippen molar-refractivity contribution < 1.29 is 4.79 Å². The SMILES string of the molecule is CCC(CC)N1C=CC(c2c[nH]c3ccc(NC(=O)Nc4ccccc4Br)cc23)CC1. The van der Waals surface area contributed by atoms with Crippen molar-refractivity contribution in [1.82, 2.24) is 9.88 Å². The molecule has 1 aliphatic heterocycles. The van der Waals surface area contributed by atoms with E-state index in [9.17, 15) is 4.79 Å². The molecule has 0 fully saturated rings. The Morgan fingerprint density at radius 1 is 1.19 bits per heavy atom. The van der Waals surface area contributed by atoms with Crippen LogP contribution in [0.4, 0.5) is 16.2 Å². The minimum atomic E-state index is -0.262. The number of hydrogen-bond acceptors (Lipinski definition) is 2. The molecule has 2 aromatic carbocycles. The second-order valence-electron chi connectivity index (χ2n) is 8.01. The van der Waals surface area contributed by atoms with Crippen LogP contribution in [-0.4, -0.2) is 28.5 Å². The molecule has 1 unspecified atom stereocenters. The van der Waals surface area contributed by atoms with E-state index in [2.05, 4.69) is 74.8 Å². The molecule has 2 amide bonds. The van der Waals surface area contributed by atoms with Crippen molar-refractivity contribution in [3.05, 3.63) is 71.0 Å². The Hall–Kier alpha value is -2.73. The molecule has 2 heterocycles. The molecule has 6 heteroatoms. The zero-order chi connectivity index (χ0) is 21.8. The van der Waals surface area contributed by atoms with E-state index in [1.54, 1.807) is 0 Å². The van der Waals surface area contributed by atoms with Crippen LogP contribution in [0.3, 0.4) is 0 Å². The number of allylic oxidation sites excluding steroid dienone is 1. The first-order valence-electron chi connectivity index (χ1n) is 11.0. The highest BCUT2D eigenvalue weighted by Crippen LogP contribution is 2.33. The summed E-state index contributed by atoms with van der Waals surface area (Å²) in [5, 5.41) is 7.00. The van der Waals surface area contributed by atoms with Gasteiger partial charge >= 0.3 is 6.03 Å². The molecule has 1 atom stereocenters. The summed E-state index contributed by atoms with van der Waals surface area (Å²) in [6, 6.07) is 13.9. The summed E-state index contributed by atoms with van der Waals surface area (Å²) in [5.74, 6) is 0.378. The van der Waals surface area contributed by atoms with Crippen LogP contribution >= 0.6 is 15.9 Å². The van der Waals surface area contributed by atoms with Crippen LogP contribution in [0, 0.1) is 0 Å². The van der Waals surface area contributed by atoms with E-state index in [1.165, 1.54) is 18.4 Å². The average molecular weight is 481 g/mol. The molecule has 4 rings (SSSR count). The number of benzene rings is 2. The lowest BCUT2D eigenvalue weighted by Crippen LogP contribution is -2.33. The number of hydrogen-bond donors (Lipinski definition) is 3. The minimum absolute atomic E-state index is 0.262. The van der Waals surface area contributed by atoms with Crippen molar-refractivity contribution in [3.63, 3.8) is 0 Å². The first-order chi connectivity index (χ1) is 15.1. The van der Waals surface area contributed by atoms with Crippen molar-refractivity contribution in [2.45, 2.75) is 45.1 Å². The Labute approximate surface area is 192 Å². The van der Waals surface area contributed by atoms with Crippen LogP contribution in [0.1, 0.15) is 44.6 Å². The summed E-state index contributed by atoms with van der Waals surface area (Å²) in [7, 11) is 0. The van der Waals surface area contributed by atoms with Crippen LogP contribution in [-0.2, 0) is 0 Å². The lowest BCUT2D eigenvalue weighted by atomic mass is 9.92. The van der Waals surface area contributed by atoms with Crippen LogP contribution in [0.5, 0.6) is 0 Å². The fourth-order valence-corrected chi connectivity index (χ4v) is 4.75. The third kappa shape index (κ3) is 4.79. The first kappa shape index (κ1) is 21.5. The Morgan fingerprint density at radius 3 is 2.71 bits per heavy atom. The van der Waals surface area contributed by atoms with Crippen LogP contribution in [0.2, 0.25) is 0 Å². The number of nitrogens with zero attached hydrogens (tertiary/aromatic N) is 1. The fourth-order valence-electron chi connectivity index (χ4n) is 4.37. The summed E-state index contributed by atoms with van der Waals surface area (Å²) in [6.07, 6.45) is 10.2. The third-order valence-electron chi connectivity index (χ3n) is 6.11. The molecular formula is C25H29BrN4O. The summed E-state index contributed by atoms with van der Waals surface area (Å²) < 4.78 is 0.847. The maximum absolute atomic E-state index is 12.5. The minimum Gasteiger partial charge on any atom is -0.375 e. The number of aromatic nitrogens is 1. The van der Waals surface area contributed by atoms with E-state index >= 15 is 0 Å². The monoisotopic (exact) mass is 480 g/mol. The summed E-state index contributed by atoms with van der Waals surface area (Å²) in [4.78, 5) is 18.3. The molecule has 0 saturated carbocycles. The van der Waals surface area contributed by atoms with Gasteiger partial charge in [-0.1, -0.05) is 32.1 Å². The van der Waals surface area contributed by atoms with Gasteiger partial charge in [0.1, 0.15) is 0 Å². The zero-order valence-electron chi connectivity index (χ0n) is 18.0. The van der Waals surface area contributed by atoms with Gasteiger partial charge in [0.2, 0.25) is 0 Å². The predicted molar refractivity (Wildman–Crippen MR) is 133 cm³/mol. The molecule has 162 valence electrons. The number of H-pyrrole nitrogens is 1. The van der Waals surface area contributed by atoms with Crippen LogP contribution in [0.15, 0.2) is 65.4 Å². The normalized spacial score (nSPS) is 16.1. The van der Waals surface area contributed by atoms with Crippen LogP contribution in [0.25, 0.3) is 10.9 Å². The maximum Gasteiger partial charge on any atom is 0.323 e. The number of amides is 2. The van der Waals surface area contributed by atoms with Gasteiger partial charge in [-0.3, -0.25) is 0 Å². The molecule has 0 bridgehead atoms. The van der Waals surface area contributed by atoms with Gasteiger partial charge in [0.15, 0.2) is 0 Å². The van der Waals surface area contributed by atoms with Crippen molar-refractivity contribution in [2.75, 3.05) is 17.2 Å². The van der Waals surface area contributed by atoms with Crippen molar-refractivity contribution in [2.24, 2.45) is 0 Å². The number of nitrogens with one attached hydrogen (secondary N) is 3. The van der Waals surface area contributed by atoms with Crippen molar-refractivity contribution in [1.29, 1.82) is 0 Å². The van der Waals surface area contributed by atoms with Crippen molar-refractivity contribution in [3.8, 4) is 0 Å². The Balaban J connectivity index is 1.50. The summed E-state index contributed by atoms with van der Waals surface area (Å²) >= 11 is 3.46. The van der Waals surface area contributed by atoms with Crippen molar-refractivity contribution >= 4 is 44.2 Å². The number of rotatable bonds is 6. The molecule has 0 spiro atoms. The number of anilines is 2. The highest BCUT2D eigenvalue weighted by atomic mass is 79.9. The van der Waals surface area contributed by atoms with E-state index < -0.39 is 0 Å². The predicted octanol–water partition coefficient (Wildman–Crippen LogP) is 7.07.